The van der Waals surface area contributed by atoms with Crippen LogP contribution in [-0.2, 0) is 10.2 Å². The van der Waals surface area contributed by atoms with E-state index >= 15 is 0 Å². The quantitative estimate of drug-likeness (QED) is 0.847. The third-order valence-electron chi connectivity index (χ3n) is 4.59. The van der Waals surface area contributed by atoms with Crippen molar-refractivity contribution in [1.29, 1.82) is 0 Å². The maximum absolute atomic E-state index is 12.5. The van der Waals surface area contributed by atoms with Gasteiger partial charge in [0, 0.05) is 6.54 Å². The van der Waals surface area contributed by atoms with E-state index in [2.05, 4.69) is 17.4 Å². The highest BCUT2D eigenvalue weighted by atomic mass is 16.2. The normalized spacial score (nSPS) is 22.9. The number of hydrogen-bond donors (Lipinski definition) is 2. The molecule has 18 heavy (non-hydrogen) atoms. The van der Waals surface area contributed by atoms with Crippen LogP contribution in [0.2, 0.25) is 0 Å². The summed E-state index contributed by atoms with van der Waals surface area (Å²) in [6, 6.07) is 10.1. The van der Waals surface area contributed by atoms with Gasteiger partial charge in [0.1, 0.15) is 0 Å². The van der Waals surface area contributed by atoms with Gasteiger partial charge in [-0.2, -0.15) is 0 Å². The van der Waals surface area contributed by atoms with Gasteiger partial charge in [-0.3, -0.25) is 4.79 Å². The largest absolute Gasteiger partial charge is 0.349 e. The number of carbonyl (C=O) groups is 1. The molecule has 0 unspecified atom stereocenters. The lowest BCUT2D eigenvalue weighted by atomic mass is 9.76. The second-order valence-corrected chi connectivity index (χ2v) is 5.74. The Morgan fingerprint density at radius 1 is 1.17 bits per heavy atom. The van der Waals surface area contributed by atoms with Crippen molar-refractivity contribution in [3.8, 4) is 0 Å². The Hall–Kier alpha value is -1.35. The van der Waals surface area contributed by atoms with E-state index in [0.717, 1.165) is 31.2 Å². The lowest BCUT2D eigenvalue weighted by Gasteiger charge is -2.42. The van der Waals surface area contributed by atoms with Crippen molar-refractivity contribution in [2.24, 2.45) is 5.73 Å². The van der Waals surface area contributed by atoms with E-state index in [1.165, 1.54) is 6.42 Å². The molecule has 3 rings (SSSR count). The zero-order valence-corrected chi connectivity index (χ0v) is 10.6. The first-order chi connectivity index (χ1) is 8.71. The number of nitrogens with one attached hydrogen (secondary N) is 1. The molecule has 0 heterocycles. The molecular formula is C15H20N2O. The standard InChI is InChI=1S/C15H20N2O/c16-11-14(7-4-8-14)17-13(18)15(9-10-15)12-5-2-1-3-6-12/h1-3,5-6H,4,7-11,16H2,(H,17,18). The van der Waals surface area contributed by atoms with Crippen molar-refractivity contribution < 1.29 is 4.79 Å². The van der Waals surface area contributed by atoms with Crippen LogP contribution in [0.25, 0.3) is 0 Å². The van der Waals surface area contributed by atoms with Gasteiger partial charge < -0.3 is 11.1 Å². The number of hydrogen-bond acceptors (Lipinski definition) is 2. The van der Waals surface area contributed by atoms with E-state index in [1.54, 1.807) is 0 Å². The third-order valence-corrected chi connectivity index (χ3v) is 4.59. The first-order valence-corrected chi connectivity index (χ1v) is 6.79. The molecule has 96 valence electrons. The molecule has 0 aliphatic heterocycles. The Balaban J connectivity index is 1.77. The van der Waals surface area contributed by atoms with Gasteiger partial charge in [0.05, 0.1) is 11.0 Å². The van der Waals surface area contributed by atoms with E-state index in [1.807, 2.05) is 18.2 Å². The molecule has 3 N–H and O–H groups in total. The first kappa shape index (κ1) is 11.7. The van der Waals surface area contributed by atoms with Gasteiger partial charge in [-0.05, 0) is 37.7 Å². The predicted molar refractivity (Wildman–Crippen MR) is 71.1 cm³/mol. The van der Waals surface area contributed by atoms with Crippen LogP contribution in [-0.4, -0.2) is 18.0 Å². The summed E-state index contributed by atoms with van der Waals surface area (Å²) < 4.78 is 0. The molecule has 0 radical (unpaired) electrons. The molecule has 3 heteroatoms. The van der Waals surface area contributed by atoms with E-state index in [-0.39, 0.29) is 16.9 Å². The number of nitrogens with two attached hydrogens (primary N) is 1. The van der Waals surface area contributed by atoms with E-state index < -0.39 is 0 Å². The van der Waals surface area contributed by atoms with Crippen LogP contribution >= 0.6 is 0 Å². The van der Waals surface area contributed by atoms with Crippen LogP contribution in [0.15, 0.2) is 30.3 Å². The number of rotatable bonds is 4. The number of amides is 1. The monoisotopic (exact) mass is 244 g/mol. The Morgan fingerprint density at radius 2 is 1.83 bits per heavy atom. The minimum absolute atomic E-state index is 0.110. The molecule has 2 aliphatic rings. The first-order valence-electron chi connectivity index (χ1n) is 6.79. The smallest absolute Gasteiger partial charge is 0.231 e. The van der Waals surface area contributed by atoms with Crippen molar-refractivity contribution in [2.75, 3.05) is 6.54 Å². The summed E-state index contributed by atoms with van der Waals surface area (Å²) in [7, 11) is 0. The summed E-state index contributed by atoms with van der Waals surface area (Å²) in [5, 5.41) is 3.22. The van der Waals surface area contributed by atoms with Crippen molar-refractivity contribution in [2.45, 2.75) is 43.1 Å². The molecule has 2 aliphatic carbocycles. The lowest BCUT2D eigenvalue weighted by molar-refractivity contribution is -0.126. The predicted octanol–water partition coefficient (Wildman–Crippen LogP) is 1.72. The Bertz CT molecular complexity index is 441. The molecule has 0 spiro atoms. The number of carbonyl (C=O) groups excluding carboxylic acids is 1. The second kappa shape index (κ2) is 4.09. The van der Waals surface area contributed by atoms with Crippen LogP contribution in [0.1, 0.15) is 37.7 Å². The summed E-state index contributed by atoms with van der Waals surface area (Å²) >= 11 is 0. The Kier molecular flexibility index (Phi) is 2.67. The minimum Gasteiger partial charge on any atom is -0.349 e. The van der Waals surface area contributed by atoms with Crippen molar-refractivity contribution in [1.82, 2.24) is 5.32 Å². The molecule has 2 fully saturated rings. The Morgan fingerprint density at radius 3 is 2.28 bits per heavy atom. The van der Waals surface area contributed by atoms with Gasteiger partial charge in [-0.1, -0.05) is 30.3 Å². The van der Waals surface area contributed by atoms with E-state index in [0.29, 0.717) is 6.54 Å². The fourth-order valence-electron chi connectivity index (χ4n) is 2.87. The second-order valence-electron chi connectivity index (χ2n) is 5.74. The molecule has 0 atom stereocenters. The highest BCUT2D eigenvalue weighted by Crippen LogP contribution is 2.49. The molecule has 1 aromatic rings. The fraction of sp³-hybridized carbons (Fsp3) is 0.533. The molecular weight excluding hydrogens is 224 g/mol. The van der Waals surface area contributed by atoms with Gasteiger partial charge in [0.15, 0.2) is 0 Å². The van der Waals surface area contributed by atoms with Crippen LogP contribution < -0.4 is 11.1 Å². The van der Waals surface area contributed by atoms with Crippen molar-refractivity contribution in [3.05, 3.63) is 35.9 Å². The van der Waals surface area contributed by atoms with Gasteiger partial charge in [-0.15, -0.1) is 0 Å². The maximum atomic E-state index is 12.5. The molecule has 2 saturated carbocycles. The van der Waals surface area contributed by atoms with Gasteiger partial charge in [-0.25, -0.2) is 0 Å². The summed E-state index contributed by atoms with van der Waals surface area (Å²) in [4.78, 5) is 12.5. The third kappa shape index (κ3) is 1.74. The topological polar surface area (TPSA) is 55.1 Å². The van der Waals surface area contributed by atoms with Crippen LogP contribution in [0.5, 0.6) is 0 Å². The van der Waals surface area contributed by atoms with Gasteiger partial charge in [0.2, 0.25) is 5.91 Å². The zero-order valence-electron chi connectivity index (χ0n) is 10.6. The molecule has 1 amide bonds. The summed E-state index contributed by atoms with van der Waals surface area (Å²) in [5.41, 5.74) is 6.58. The average Bonchev–Trinajstić information content (AvgIpc) is 3.16. The maximum Gasteiger partial charge on any atom is 0.231 e. The average molecular weight is 244 g/mol. The molecule has 1 aromatic carbocycles. The number of benzene rings is 1. The molecule has 0 bridgehead atoms. The molecule has 0 aromatic heterocycles. The summed E-state index contributed by atoms with van der Waals surface area (Å²) in [6.45, 7) is 0.559. The molecule has 3 nitrogen and oxygen atoms in total. The summed E-state index contributed by atoms with van der Waals surface area (Å²) in [5.74, 6) is 0.179. The molecule has 0 saturated heterocycles. The fourth-order valence-corrected chi connectivity index (χ4v) is 2.87. The van der Waals surface area contributed by atoms with E-state index in [4.69, 9.17) is 5.73 Å². The van der Waals surface area contributed by atoms with Gasteiger partial charge >= 0.3 is 0 Å². The Labute approximate surface area is 108 Å². The van der Waals surface area contributed by atoms with Crippen molar-refractivity contribution in [3.63, 3.8) is 0 Å². The van der Waals surface area contributed by atoms with Crippen LogP contribution in [0, 0.1) is 0 Å². The minimum atomic E-state index is -0.265. The highest BCUT2D eigenvalue weighted by molar-refractivity contribution is 5.91. The highest BCUT2D eigenvalue weighted by Gasteiger charge is 2.53. The van der Waals surface area contributed by atoms with Gasteiger partial charge in [0.25, 0.3) is 0 Å². The lowest BCUT2D eigenvalue weighted by Crippen LogP contribution is -2.60. The van der Waals surface area contributed by atoms with Crippen LogP contribution in [0.4, 0.5) is 0 Å². The SMILES string of the molecule is NCC1(NC(=O)C2(c3ccccc3)CC2)CCC1. The zero-order chi connectivity index (χ0) is 12.6. The van der Waals surface area contributed by atoms with Crippen molar-refractivity contribution >= 4 is 5.91 Å². The van der Waals surface area contributed by atoms with Crippen LogP contribution in [0.3, 0.4) is 0 Å². The summed E-state index contributed by atoms with van der Waals surface area (Å²) in [6.07, 6.45) is 5.16. The van der Waals surface area contributed by atoms with E-state index in [9.17, 15) is 4.79 Å².